The molecule has 5 nitrogen and oxygen atoms in total. The summed E-state index contributed by atoms with van der Waals surface area (Å²) in [5.74, 6) is -0.334. The van der Waals surface area contributed by atoms with Gasteiger partial charge in [-0.05, 0) is 48.4 Å². The van der Waals surface area contributed by atoms with E-state index >= 15 is 0 Å². The van der Waals surface area contributed by atoms with Crippen LogP contribution in [-0.4, -0.2) is 23.6 Å². The summed E-state index contributed by atoms with van der Waals surface area (Å²) in [6.07, 6.45) is 10.3. The molecule has 3 aromatic rings. The van der Waals surface area contributed by atoms with Gasteiger partial charge in [-0.15, -0.1) is 0 Å². The molecule has 0 amide bonds. The Morgan fingerprint density at radius 2 is 2.00 bits per heavy atom. The highest BCUT2D eigenvalue weighted by Crippen LogP contribution is 2.38. The lowest BCUT2D eigenvalue weighted by atomic mass is 10.1. The van der Waals surface area contributed by atoms with Crippen molar-refractivity contribution in [1.82, 2.24) is 9.55 Å². The summed E-state index contributed by atoms with van der Waals surface area (Å²) in [6.45, 7) is 1.90. The van der Waals surface area contributed by atoms with Gasteiger partial charge in [0.05, 0.1) is 40.4 Å². The molecule has 0 saturated heterocycles. The topological polar surface area (TPSA) is 68.6 Å². The number of nitrogens with zero attached hydrogens (tertiary/aromatic N) is 5. The minimum Gasteiger partial charge on any atom is -0.376 e. The minimum atomic E-state index is -0.334. The van der Waals surface area contributed by atoms with E-state index in [0.717, 1.165) is 11.4 Å². The molecular formula is C26H22FN5. The van der Waals surface area contributed by atoms with Gasteiger partial charge in [0.15, 0.2) is 0 Å². The largest absolute Gasteiger partial charge is 0.376 e. The van der Waals surface area contributed by atoms with Gasteiger partial charge in [0, 0.05) is 37.2 Å². The first-order valence-corrected chi connectivity index (χ1v) is 10.4. The lowest BCUT2D eigenvalue weighted by Crippen LogP contribution is -2.09. The SMILES string of the molecule is CCc1cc2c(cc1F)c(C#N)c(-c1ccc(N(C)C)cn1)n2C1=CC=CCC(C#N)=C1. The van der Waals surface area contributed by atoms with E-state index in [9.17, 15) is 14.9 Å². The molecule has 32 heavy (non-hydrogen) atoms. The molecule has 1 aromatic carbocycles. The van der Waals surface area contributed by atoms with Crippen LogP contribution in [0.15, 0.2) is 60.3 Å². The fourth-order valence-corrected chi connectivity index (χ4v) is 3.90. The second kappa shape index (κ2) is 8.53. The number of fused-ring (bicyclic) bond motifs is 1. The standard InChI is InChI=1S/C26H22FN5/c1-4-18-12-25-21(13-23(18)27)22(15-29)26(24-10-9-20(16-30-24)31(2)3)32(25)19-8-6-5-7-17(11-19)14-28/h5-6,8-13,16H,4,7H2,1-3H3. The van der Waals surface area contributed by atoms with Gasteiger partial charge < -0.3 is 9.47 Å². The van der Waals surface area contributed by atoms with Gasteiger partial charge in [0.2, 0.25) is 0 Å². The second-order valence-electron chi connectivity index (χ2n) is 7.79. The van der Waals surface area contributed by atoms with Crippen LogP contribution in [0.2, 0.25) is 0 Å². The van der Waals surface area contributed by atoms with Crippen molar-refractivity contribution < 1.29 is 4.39 Å². The molecular weight excluding hydrogens is 401 g/mol. The molecule has 4 rings (SSSR count). The molecule has 0 fully saturated rings. The van der Waals surface area contributed by atoms with Crippen molar-refractivity contribution in [3.63, 3.8) is 0 Å². The molecule has 1 aliphatic carbocycles. The normalized spacial score (nSPS) is 13.2. The molecule has 6 heteroatoms. The molecule has 0 radical (unpaired) electrons. The Kier molecular flexibility index (Phi) is 5.62. The van der Waals surface area contributed by atoms with Crippen LogP contribution < -0.4 is 4.90 Å². The molecule has 0 atom stereocenters. The molecule has 1 aliphatic rings. The van der Waals surface area contributed by atoms with Crippen LogP contribution in [0.3, 0.4) is 0 Å². The highest BCUT2D eigenvalue weighted by Gasteiger charge is 2.23. The number of anilines is 1. The van der Waals surface area contributed by atoms with E-state index < -0.39 is 0 Å². The number of halogens is 1. The summed E-state index contributed by atoms with van der Waals surface area (Å²) in [7, 11) is 3.86. The van der Waals surface area contributed by atoms with Gasteiger partial charge in [-0.3, -0.25) is 4.98 Å². The van der Waals surface area contributed by atoms with Crippen molar-refractivity contribution in [2.45, 2.75) is 19.8 Å². The van der Waals surface area contributed by atoms with Crippen LogP contribution in [-0.2, 0) is 6.42 Å². The molecule has 2 aromatic heterocycles. The van der Waals surface area contributed by atoms with Crippen LogP contribution in [0, 0.1) is 28.5 Å². The molecule has 0 unspecified atom stereocenters. The summed E-state index contributed by atoms with van der Waals surface area (Å²) >= 11 is 0. The van der Waals surface area contributed by atoms with E-state index in [1.54, 1.807) is 12.3 Å². The van der Waals surface area contributed by atoms with Crippen LogP contribution in [0.5, 0.6) is 0 Å². The number of aryl methyl sites for hydroxylation is 1. The van der Waals surface area contributed by atoms with Crippen molar-refractivity contribution >= 4 is 22.3 Å². The summed E-state index contributed by atoms with van der Waals surface area (Å²) in [4.78, 5) is 6.56. The van der Waals surface area contributed by atoms with Gasteiger partial charge in [-0.1, -0.05) is 19.1 Å². The maximum Gasteiger partial charge on any atom is 0.127 e. The average molecular weight is 423 g/mol. The van der Waals surface area contributed by atoms with E-state index in [-0.39, 0.29) is 5.82 Å². The number of hydrogen-bond acceptors (Lipinski definition) is 4. The number of allylic oxidation sites excluding steroid dienone is 6. The Hall–Kier alpha value is -4.16. The van der Waals surface area contributed by atoms with E-state index in [1.807, 2.05) is 66.9 Å². The van der Waals surface area contributed by atoms with Gasteiger partial charge in [-0.2, -0.15) is 10.5 Å². The average Bonchev–Trinajstić information content (AvgIpc) is 2.94. The van der Waals surface area contributed by atoms with E-state index in [0.29, 0.717) is 51.8 Å². The van der Waals surface area contributed by atoms with E-state index in [4.69, 9.17) is 0 Å². The lowest BCUT2D eigenvalue weighted by Gasteiger charge is -2.15. The number of hydrogen-bond donors (Lipinski definition) is 0. The smallest absolute Gasteiger partial charge is 0.127 e. The number of nitriles is 2. The fraction of sp³-hybridized carbons (Fsp3) is 0.192. The number of aromatic nitrogens is 2. The van der Waals surface area contributed by atoms with Gasteiger partial charge in [0.25, 0.3) is 0 Å². The van der Waals surface area contributed by atoms with Crippen LogP contribution in [0.4, 0.5) is 10.1 Å². The van der Waals surface area contributed by atoms with Crippen LogP contribution in [0.25, 0.3) is 28.0 Å². The number of rotatable bonds is 4. The Balaban J connectivity index is 2.11. The first kappa shape index (κ1) is 21.1. The minimum absolute atomic E-state index is 0.334. The van der Waals surface area contributed by atoms with Crippen molar-refractivity contribution in [2.75, 3.05) is 19.0 Å². The third kappa shape index (κ3) is 3.57. The maximum atomic E-state index is 14.7. The Bertz CT molecular complexity index is 1370. The quantitative estimate of drug-likeness (QED) is 0.548. The molecule has 0 aliphatic heterocycles. The summed E-state index contributed by atoms with van der Waals surface area (Å²) in [5.41, 5.74) is 5.07. The van der Waals surface area contributed by atoms with E-state index in [2.05, 4.69) is 17.1 Å². The summed E-state index contributed by atoms with van der Waals surface area (Å²) in [6, 6.07) is 11.5. The Morgan fingerprint density at radius 3 is 2.62 bits per heavy atom. The number of pyridine rings is 1. The zero-order valence-corrected chi connectivity index (χ0v) is 18.2. The van der Waals surface area contributed by atoms with Crippen LogP contribution in [0.1, 0.15) is 24.5 Å². The third-order valence-corrected chi connectivity index (χ3v) is 5.60. The van der Waals surface area contributed by atoms with Crippen molar-refractivity contribution in [3.05, 3.63) is 77.3 Å². The predicted octanol–water partition coefficient (Wildman–Crippen LogP) is 5.59. The maximum absolute atomic E-state index is 14.7. The highest BCUT2D eigenvalue weighted by molar-refractivity contribution is 5.98. The lowest BCUT2D eigenvalue weighted by molar-refractivity contribution is 0.614. The molecule has 2 heterocycles. The van der Waals surface area contributed by atoms with Crippen molar-refractivity contribution in [2.24, 2.45) is 0 Å². The predicted molar refractivity (Wildman–Crippen MR) is 125 cm³/mol. The molecule has 0 N–H and O–H groups in total. The zero-order valence-electron chi connectivity index (χ0n) is 18.2. The Labute approximate surface area is 186 Å². The van der Waals surface area contributed by atoms with Crippen molar-refractivity contribution in [3.8, 4) is 23.5 Å². The van der Waals surface area contributed by atoms with Crippen molar-refractivity contribution in [1.29, 1.82) is 10.5 Å². The highest BCUT2D eigenvalue weighted by atomic mass is 19.1. The van der Waals surface area contributed by atoms with Gasteiger partial charge >= 0.3 is 0 Å². The fourth-order valence-electron chi connectivity index (χ4n) is 3.90. The second-order valence-corrected chi connectivity index (χ2v) is 7.79. The van der Waals surface area contributed by atoms with E-state index in [1.165, 1.54) is 6.07 Å². The van der Waals surface area contributed by atoms with Gasteiger partial charge in [-0.25, -0.2) is 4.39 Å². The van der Waals surface area contributed by atoms with Gasteiger partial charge in [0.1, 0.15) is 11.9 Å². The first-order chi connectivity index (χ1) is 15.5. The molecule has 0 spiro atoms. The summed E-state index contributed by atoms with van der Waals surface area (Å²) in [5, 5.41) is 20.1. The first-order valence-electron chi connectivity index (χ1n) is 10.4. The molecule has 0 bridgehead atoms. The van der Waals surface area contributed by atoms with Crippen LogP contribution >= 0.6 is 0 Å². The Morgan fingerprint density at radius 1 is 1.19 bits per heavy atom. The summed E-state index contributed by atoms with van der Waals surface area (Å²) < 4.78 is 16.6. The number of benzene rings is 1. The third-order valence-electron chi connectivity index (χ3n) is 5.60. The zero-order chi connectivity index (χ0) is 22.8. The monoisotopic (exact) mass is 423 g/mol. The molecule has 158 valence electrons. The molecule has 0 saturated carbocycles.